The van der Waals surface area contributed by atoms with Crippen LogP contribution >= 0.6 is 0 Å². The third-order valence-electron chi connectivity index (χ3n) is 4.22. The average Bonchev–Trinajstić information content (AvgIpc) is 2.99. The van der Waals surface area contributed by atoms with Gasteiger partial charge in [-0.2, -0.15) is 4.98 Å². The van der Waals surface area contributed by atoms with E-state index in [9.17, 15) is 13.2 Å². The fourth-order valence-corrected chi connectivity index (χ4v) is 3.63. The van der Waals surface area contributed by atoms with Gasteiger partial charge in [-0.05, 0) is 36.5 Å². The molecule has 10 heteroatoms. The first-order chi connectivity index (χ1) is 11.5. The number of hydrogen-bond donors (Lipinski definition) is 4. The smallest absolute Gasteiger partial charge is 0.246 e. The van der Waals surface area contributed by atoms with Crippen molar-refractivity contribution in [3.8, 4) is 0 Å². The molecule has 1 aromatic carbocycles. The van der Waals surface area contributed by atoms with E-state index in [0.717, 1.165) is 12.8 Å². The summed E-state index contributed by atoms with van der Waals surface area (Å²) in [4.78, 5) is 6.11. The fraction of sp³-hybridized carbons (Fsp3) is 0.429. The summed E-state index contributed by atoms with van der Waals surface area (Å²) >= 11 is -2.18. The Kier molecular flexibility index (Phi) is 5.07. The number of halogens is 1. The Balaban J connectivity index is 1.72. The lowest BCUT2D eigenvalue weighted by Crippen LogP contribution is -2.40. The number of nitrogens with two attached hydrogens (primary N) is 1. The molecule has 1 aliphatic rings. The number of H-pyrrole nitrogens is 1. The molecule has 2 aromatic rings. The summed E-state index contributed by atoms with van der Waals surface area (Å²) in [6, 6.07) is 5.71. The first-order valence-corrected chi connectivity index (χ1v) is 8.69. The number of aromatic amines is 1. The lowest BCUT2D eigenvalue weighted by molar-refractivity contribution is 0.323. The maximum Gasteiger partial charge on any atom is 0.246 e. The minimum Gasteiger partial charge on any atom is -0.368 e. The van der Waals surface area contributed by atoms with Gasteiger partial charge in [-0.15, -0.1) is 5.10 Å². The van der Waals surface area contributed by atoms with Crippen LogP contribution in [0.15, 0.2) is 24.3 Å². The van der Waals surface area contributed by atoms with E-state index < -0.39 is 17.3 Å². The molecule has 0 aliphatic carbocycles. The van der Waals surface area contributed by atoms with Gasteiger partial charge in [0.25, 0.3) is 0 Å². The van der Waals surface area contributed by atoms with E-state index in [4.69, 9.17) is 5.73 Å². The van der Waals surface area contributed by atoms with Gasteiger partial charge in [-0.3, -0.25) is 4.55 Å². The highest BCUT2D eigenvalue weighted by Gasteiger charge is 2.30. The fourth-order valence-electron chi connectivity index (χ4n) is 3.08. The van der Waals surface area contributed by atoms with E-state index in [2.05, 4.69) is 19.9 Å². The second-order valence-electron chi connectivity index (χ2n) is 5.74. The molecule has 8 nitrogen and oxygen atoms in total. The molecule has 0 spiro atoms. The van der Waals surface area contributed by atoms with Crippen molar-refractivity contribution in [2.75, 3.05) is 23.7 Å². The Morgan fingerprint density at radius 1 is 1.46 bits per heavy atom. The zero-order valence-corrected chi connectivity index (χ0v) is 13.7. The number of benzene rings is 1. The normalized spacial score (nSPS) is 18.5. The van der Waals surface area contributed by atoms with Crippen LogP contribution in [0.2, 0.25) is 0 Å². The summed E-state index contributed by atoms with van der Waals surface area (Å²) in [5.74, 6) is 0.543. The van der Waals surface area contributed by atoms with Gasteiger partial charge in [-0.1, -0.05) is 12.1 Å². The summed E-state index contributed by atoms with van der Waals surface area (Å²) in [5.41, 5.74) is 6.21. The van der Waals surface area contributed by atoms with Crippen LogP contribution in [0.5, 0.6) is 0 Å². The van der Waals surface area contributed by atoms with Crippen molar-refractivity contribution >= 4 is 23.2 Å². The molecule has 1 aliphatic heterocycles. The van der Waals surface area contributed by atoms with Gasteiger partial charge in [-0.25, -0.2) is 18.4 Å². The Morgan fingerprint density at radius 2 is 2.21 bits per heavy atom. The van der Waals surface area contributed by atoms with E-state index in [1.165, 1.54) is 12.1 Å². The van der Waals surface area contributed by atoms with Crippen LogP contribution in [-0.2, 0) is 11.3 Å². The monoisotopic (exact) mass is 354 g/mol. The number of rotatable bonds is 5. The van der Waals surface area contributed by atoms with Crippen LogP contribution < -0.4 is 15.4 Å². The van der Waals surface area contributed by atoms with Crippen molar-refractivity contribution in [1.82, 2.24) is 19.9 Å². The van der Waals surface area contributed by atoms with Crippen LogP contribution in [0.4, 0.5) is 16.3 Å². The molecule has 2 unspecified atom stereocenters. The molecule has 0 bridgehead atoms. The number of nitrogens with one attached hydrogen (secondary N) is 2. The molecular formula is C14H19FN6O2S. The number of anilines is 2. The molecule has 1 aromatic heterocycles. The van der Waals surface area contributed by atoms with Gasteiger partial charge >= 0.3 is 0 Å². The lowest BCUT2D eigenvalue weighted by atomic mass is 9.86. The zero-order chi connectivity index (χ0) is 17.1. The number of piperidine rings is 1. The lowest BCUT2D eigenvalue weighted by Gasteiger charge is -2.35. The molecule has 24 heavy (non-hydrogen) atoms. The predicted molar refractivity (Wildman–Crippen MR) is 88.8 cm³/mol. The van der Waals surface area contributed by atoms with Crippen molar-refractivity contribution in [1.29, 1.82) is 0 Å². The summed E-state index contributed by atoms with van der Waals surface area (Å²) in [6.45, 7) is 1.38. The van der Waals surface area contributed by atoms with Crippen LogP contribution in [-0.4, -0.2) is 37.0 Å². The van der Waals surface area contributed by atoms with Gasteiger partial charge in [0.1, 0.15) is 5.82 Å². The van der Waals surface area contributed by atoms with Crippen molar-refractivity contribution in [3.63, 3.8) is 0 Å². The van der Waals surface area contributed by atoms with Gasteiger partial charge < -0.3 is 10.6 Å². The Labute approximate surface area is 141 Å². The van der Waals surface area contributed by atoms with Crippen LogP contribution in [0.1, 0.15) is 24.4 Å². The second-order valence-corrected chi connectivity index (χ2v) is 6.48. The highest BCUT2D eigenvalue weighted by Crippen LogP contribution is 2.32. The maximum atomic E-state index is 13.5. The number of nitrogen functional groups attached to an aromatic ring is 1. The molecule has 0 saturated carbocycles. The van der Waals surface area contributed by atoms with Gasteiger partial charge in [0.15, 0.2) is 0 Å². The quantitative estimate of drug-likeness (QED) is 0.599. The SMILES string of the molecule is Nc1nc(N2CCC(C(NS(=O)O)c3cccc(F)c3)CC2)n[nH]1. The topological polar surface area (TPSA) is 120 Å². The number of hydrogen-bond acceptors (Lipinski definition) is 5. The summed E-state index contributed by atoms with van der Waals surface area (Å²) in [5, 5.41) is 6.64. The van der Waals surface area contributed by atoms with Gasteiger partial charge in [0.2, 0.25) is 23.2 Å². The molecule has 0 amide bonds. The second kappa shape index (κ2) is 7.24. The molecule has 3 rings (SSSR count). The van der Waals surface area contributed by atoms with E-state index in [1.807, 2.05) is 4.90 Å². The first kappa shape index (κ1) is 16.8. The standard InChI is InChI=1S/C14H19FN6O2S/c15-11-3-1-2-10(8-11)12(20-24(22)23)9-4-6-21(7-5-9)14-17-13(16)18-19-14/h1-3,8-9,12,20H,4-7H2,(H,22,23)(H3,16,17,18,19). The molecule has 0 radical (unpaired) electrons. The average molecular weight is 354 g/mol. The summed E-state index contributed by atoms with van der Waals surface area (Å²) < 4.78 is 36.6. The number of nitrogens with zero attached hydrogens (tertiary/aromatic N) is 3. The highest BCUT2D eigenvalue weighted by molar-refractivity contribution is 7.77. The minimum absolute atomic E-state index is 0.0930. The van der Waals surface area contributed by atoms with Crippen molar-refractivity contribution in [2.24, 2.45) is 5.92 Å². The molecule has 5 N–H and O–H groups in total. The van der Waals surface area contributed by atoms with E-state index in [-0.39, 0.29) is 17.7 Å². The van der Waals surface area contributed by atoms with E-state index >= 15 is 0 Å². The number of aromatic nitrogens is 3. The third kappa shape index (κ3) is 3.89. The minimum atomic E-state index is -2.18. The van der Waals surface area contributed by atoms with E-state index in [0.29, 0.717) is 24.6 Å². The Morgan fingerprint density at radius 3 is 2.79 bits per heavy atom. The first-order valence-electron chi connectivity index (χ1n) is 7.58. The van der Waals surface area contributed by atoms with E-state index in [1.54, 1.807) is 12.1 Å². The molecular weight excluding hydrogens is 335 g/mol. The zero-order valence-electron chi connectivity index (χ0n) is 12.9. The largest absolute Gasteiger partial charge is 0.368 e. The Bertz CT molecular complexity index is 719. The summed E-state index contributed by atoms with van der Waals surface area (Å²) in [7, 11) is 0. The van der Waals surface area contributed by atoms with Crippen molar-refractivity contribution in [2.45, 2.75) is 18.9 Å². The van der Waals surface area contributed by atoms with Gasteiger partial charge in [0, 0.05) is 19.1 Å². The predicted octanol–water partition coefficient (Wildman–Crippen LogP) is 1.21. The molecule has 1 fully saturated rings. The Hall–Kier alpha value is -2.04. The van der Waals surface area contributed by atoms with Gasteiger partial charge in [0.05, 0.1) is 0 Å². The highest BCUT2D eigenvalue weighted by atomic mass is 32.2. The molecule has 2 atom stereocenters. The van der Waals surface area contributed by atoms with Crippen molar-refractivity contribution in [3.05, 3.63) is 35.6 Å². The molecule has 1 saturated heterocycles. The molecule has 2 heterocycles. The molecule has 130 valence electrons. The third-order valence-corrected chi connectivity index (χ3v) is 4.68. The van der Waals surface area contributed by atoms with Crippen molar-refractivity contribution < 1.29 is 13.2 Å². The summed E-state index contributed by atoms with van der Waals surface area (Å²) in [6.07, 6.45) is 1.50. The van der Waals surface area contributed by atoms with Crippen LogP contribution in [0, 0.1) is 11.7 Å². The van der Waals surface area contributed by atoms with Crippen LogP contribution in [0.3, 0.4) is 0 Å². The van der Waals surface area contributed by atoms with Crippen LogP contribution in [0.25, 0.3) is 0 Å². The maximum absolute atomic E-state index is 13.5.